The fourth-order valence-electron chi connectivity index (χ4n) is 0. The Bertz CT molecular complexity index is 6.85. The molecule has 5 heavy (non-hydrogen) atoms. The van der Waals surface area contributed by atoms with E-state index in [0.29, 0.717) is 0 Å². The molecular formula is H2Cl3OTl-2. The first-order valence-electron chi connectivity index (χ1n) is 0. The Morgan fingerprint density at radius 1 is 0.600 bits per heavy atom. The van der Waals surface area contributed by atoms with Gasteiger partial charge in [-0.05, 0) is 0 Å². The van der Waals surface area contributed by atoms with Crippen LogP contribution in [0.2, 0.25) is 0 Å². The normalized spacial score (nSPS) is 0. The van der Waals surface area contributed by atoms with Crippen molar-refractivity contribution < 1.29 is 42.7 Å². The summed E-state index contributed by atoms with van der Waals surface area (Å²) in [6.45, 7) is 0. The van der Waals surface area contributed by atoms with Crippen molar-refractivity contribution in [2.45, 2.75) is 0 Å². The molecule has 0 saturated carbocycles. The minimum absolute atomic E-state index is 0. The van der Waals surface area contributed by atoms with Gasteiger partial charge in [0.2, 0.25) is 0 Å². The van der Waals surface area contributed by atoms with Crippen molar-refractivity contribution in [3.05, 3.63) is 0 Å². The summed E-state index contributed by atoms with van der Waals surface area (Å²) >= 11 is 0. The first-order valence-corrected chi connectivity index (χ1v) is 0. The van der Waals surface area contributed by atoms with Crippen molar-refractivity contribution in [2.75, 3.05) is 0 Å². The summed E-state index contributed by atoms with van der Waals surface area (Å²) in [5, 5.41) is 0. The molecule has 0 rings (SSSR count). The second-order valence-corrected chi connectivity index (χ2v) is 0. The maximum absolute atomic E-state index is 0. The molecule has 0 heterocycles. The summed E-state index contributed by atoms with van der Waals surface area (Å²) < 4.78 is 0. The van der Waals surface area contributed by atoms with Gasteiger partial charge in [0, 0.05) is 0 Å². The van der Waals surface area contributed by atoms with Crippen LogP contribution < -0.4 is 37.2 Å². The molecule has 0 atom stereocenters. The fourth-order valence-corrected chi connectivity index (χ4v) is 0. The Balaban J connectivity index is 0. The molecule has 0 radical (unpaired) electrons. The molecule has 0 unspecified atom stereocenters. The third-order valence-corrected chi connectivity index (χ3v) is 0. The average Bonchev–Trinajstić information content (AvgIpc) is 0. The Labute approximate surface area is 69.6 Å². The van der Waals surface area contributed by atoms with Gasteiger partial charge in [0.25, 0.3) is 0 Å². The van der Waals surface area contributed by atoms with Gasteiger partial charge in [0.05, 0.1) is 0 Å². The molecule has 5 heteroatoms. The van der Waals surface area contributed by atoms with Crippen molar-refractivity contribution >= 4 is 27.3 Å². The zero-order chi connectivity index (χ0) is 0. The number of halogens is 3. The van der Waals surface area contributed by atoms with Gasteiger partial charge in [-0.2, -0.15) is 0 Å². The van der Waals surface area contributed by atoms with Crippen molar-refractivity contribution in [3.63, 3.8) is 0 Å². The molecule has 0 fully saturated rings. The quantitative estimate of drug-likeness (QED) is 0.396. The molecule has 0 aromatic rings. The van der Waals surface area contributed by atoms with Crippen molar-refractivity contribution in [1.29, 1.82) is 0 Å². The van der Waals surface area contributed by atoms with Gasteiger partial charge in [-0.3, -0.25) is 0 Å². The standard InChI is InChI=1S/3ClH.H2O.Tl/h3*1H;1H2;/q;;;;+1/p-3. The second-order valence-electron chi connectivity index (χ2n) is 0. The van der Waals surface area contributed by atoms with Gasteiger partial charge in [-0.1, -0.05) is 0 Å². The van der Waals surface area contributed by atoms with Crippen LogP contribution >= 0.6 is 0 Å². The molecule has 0 amide bonds. The molecule has 0 spiro atoms. The maximum atomic E-state index is 0. The zero-order valence-electron chi connectivity index (χ0n) is 2.21. The van der Waals surface area contributed by atoms with Gasteiger partial charge >= 0.3 is 27.3 Å². The van der Waals surface area contributed by atoms with Crippen LogP contribution in [0.4, 0.5) is 0 Å². The summed E-state index contributed by atoms with van der Waals surface area (Å²) in [5.74, 6) is 0. The largest absolute Gasteiger partial charge is 1.00 e. The first kappa shape index (κ1) is 72.8. The third kappa shape index (κ3) is 26.4. The Kier molecular flexibility index (Phi) is 616. The van der Waals surface area contributed by atoms with Crippen LogP contribution in [-0.2, 0) is 0 Å². The van der Waals surface area contributed by atoms with Crippen molar-refractivity contribution in [2.24, 2.45) is 0 Å². The minimum atomic E-state index is 0. The SMILES string of the molecule is O.[Cl-].[Cl-].[Cl-].[Tl+]. The molecule has 34 valence electrons. The Morgan fingerprint density at radius 3 is 0.600 bits per heavy atom. The molecule has 2 N–H and O–H groups in total. The fraction of sp³-hybridized carbons (Fsp3) is 0. The molecule has 0 aliphatic carbocycles. The van der Waals surface area contributed by atoms with Crippen LogP contribution in [0.1, 0.15) is 0 Å². The van der Waals surface area contributed by atoms with Crippen LogP contribution in [0.3, 0.4) is 0 Å². The minimum Gasteiger partial charge on any atom is -1.00 e. The molecule has 0 aliphatic heterocycles. The molecule has 0 aromatic heterocycles. The first-order chi connectivity index (χ1) is 0. The maximum Gasteiger partial charge on any atom is 1.00 e. The van der Waals surface area contributed by atoms with E-state index in [0.717, 1.165) is 0 Å². The van der Waals surface area contributed by atoms with Crippen LogP contribution in [0.15, 0.2) is 0 Å². The number of hydrogen-bond donors (Lipinski definition) is 0. The van der Waals surface area contributed by atoms with E-state index in [9.17, 15) is 0 Å². The summed E-state index contributed by atoms with van der Waals surface area (Å²) in [5.41, 5.74) is 0. The van der Waals surface area contributed by atoms with E-state index < -0.39 is 0 Å². The van der Waals surface area contributed by atoms with Crippen molar-refractivity contribution in [3.8, 4) is 0 Å². The summed E-state index contributed by atoms with van der Waals surface area (Å²) in [6, 6.07) is 0. The van der Waals surface area contributed by atoms with Gasteiger partial charge in [-0.25, -0.2) is 0 Å². The predicted molar refractivity (Wildman–Crippen MR) is 9.37 cm³/mol. The van der Waals surface area contributed by atoms with Gasteiger partial charge in [-0.15, -0.1) is 0 Å². The molecule has 1 nitrogen and oxygen atoms in total. The zero-order valence-corrected chi connectivity index (χ0v) is 8.97. The van der Waals surface area contributed by atoms with E-state index >= 15 is 0 Å². The molecule has 0 bridgehead atoms. The smallest absolute Gasteiger partial charge is 1.00 e. The van der Waals surface area contributed by atoms with Crippen LogP contribution in [0.25, 0.3) is 0 Å². The molecular weight excluding hydrogens is 327 g/mol. The van der Waals surface area contributed by atoms with E-state index in [1.165, 1.54) is 0 Å². The Morgan fingerprint density at radius 2 is 0.600 bits per heavy atom. The number of hydrogen-bond acceptors (Lipinski definition) is 0. The van der Waals surface area contributed by atoms with E-state index in [2.05, 4.69) is 0 Å². The van der Waals surface area contributed by atoms with Gasteiger partial charge in [0.1, 0.15) is 0 Å². The monoisotopic (exact) mass is 328 g/mol. The van der Waals surface area contributed by atoms with Crippen LogP contribution in [-0.4, -0.2) is 32.8 Å². The van der Waals surface area contributed by atoms with Gasteiger partial charge < -0.3 is 42.7 Å². The Hall–Kier alpha value is 1.75. The summed E-state index contributed by atoms with van der Waals surface area (Å²) in [4.78, 5) is 0. The molecule has 0 aromatic carbocycles. The van der Waals surface area contributed by atoms with Gasteiger partial charge in [0.15, 0.2) is 0 Å². The van der Waals surface area contributed by atoms with E-state index in [1.807, 2.05) is 0 Å². The van der Waals surface area contributed by atoms with E-state index in [-0.39, 0.29) is 70.0 Å². The number of rotatable bonds is 0. The third-order valence-electron chi connectivity index (χ3n) is 0. The van der Waals surface area contributed by atoms with Crippen LogP contribution in [0.5, 0.6) is 0 Å². The summed E-state index contributed by atoms with van der Waals surface area (Å²) in [7, 11) is 0. The second kappa shape index (κ2) is 42.3. The van der Waals surface area contributed by atoms with Crippen LogP contribution in [0, 0.1) is 0 Å². The van der Waals surface area contributed by atoms with Crippen molar-refractivity contribution in [1.82, 2.24) is 0 Å². The van der Waals surface area contributed by atoms with E-state index in [4.69, 9.17) is 0 Å². The molecule has 0 aliphatic rings. The van der Waals surface area contributed by atoms with E-state index in [1.54, 1.807) is 0 Å². The summed E-state index contributed by atoms with van der Waals surface area (Å²) in [6.07, 6.45) is 0. The molecule has 0 saturated heterocycles. The predicted octanol–water partition coefficient (Wildman–Crippen LogP) is -10.2. The topological polar surface area (TPSA) is 31.5 Å². The average molecular weight is 329 g/mol.